The average molecular weight is 340 g/mol. The molecule has 1 saturated carbocycles. The number of nitrogens with one attached hydrogen (secondary N) is 1. The van der Waals surface area contributed by atoms with Crippen molar-refractivity contribution in [3.63, 3.8) is 0 Å². The smallest absolute Gasteiger partial charge is 0.236 e. The van der Waals surface area contributed by atoms with Gasteiger partial charge in [-0.2, -0.15) is 0 Å². The van der Waals surface area contributed by atoms with Crippen molar-refractivity contribution in [3.05, 3.63) is 35.4 Å². The fourth-order valence-electron chi connectivity index (χ4n) is 3.15. The lowest BCUT2D eigenvalue weighted by atomic mass is 9.94. The van der Waals surface area contributed by atoms with Crippen LogP contribution in [0.25, 0.3) is 0 Å². The fourth-order valence-corrected chi connectivity index (χ4v) is 3.15. The summed E-state index contributed by atoms with van der Waals surface area (Å²) in [6.45, 7) is 3.20. The van der Waals surface area contributed by atoms with Crippen molar-refractivity contribution in [3.8, 4) is 0 Å². The summed E-state index contributed by atoms with van der Waals surface area (Å²) in [6.07, 6.45) is 6.69. The molecule has 4 nitrogen and oxygen atoms in total. The van der Waals surface area contributed by atoms with Gasteiger partial charge in [0, 0.05) is 19.1 Å². The quantitative estimate of drug-likeness (QED) is 0.837. The number of carbonyl (C=O) groups is 1. The Balaban J connectivity index is 0.00000264. The molecular weight excluding hydrogens is 310 g/mol. The van der Waals surface area contributed by atoms with Crippen LogP contribution < -0.4 is 11.1 Å². The third-order valence-electron chi connectivity index (χ3n) is 4.60. The van der Waals surface area contributed by atoms with E-state index in [2.05, 4.69) is 35.5 Å². The standard InChI is InChI=1S/C18H29N3O.ClH/c1-14(19)18(22)20-12-15-8-6-7-9-16(15)13-21(2)17-10-4-3-5-11-17;/h6-9,14,17H,3-5,10-13,19H2,1-2H3,(H,20,22);1H. The summed E-state index contributed by atoms with van der Waals surface area (Å²) in [7, 11) is 2.22. The molecule has 1 unspecified atom stereocenters. The highest BCUT2D eigenvalue weighted by Gasteiger charge is 2.18. The van der Waals surface area contributed by atoms with Gasteiger partial charge in [0.05, 0.1) is 6.04 Å². The number of nitrogens with two attached hydrogens (primary N) is 1. The molecule has 130 valence electrons. The number of halogens is 1. The van der Waals surface area contributed by atoms with Gasteiger partial charge in [-0.25, -0.2) is 0 Å². The van der Waals surface area contributed by atoms with E-state index in [4.69, 9.17) is 5.73 Å². The number of rotatable bonds is 6. The van der Waals surface area contributed by atoms with Crippen LogP contribution in [-0.4, -0.2) is 29.9 Å². The van der Waals surface area contributed by atoms with Gasteiger partial charge in [0.25, 0.3) is 0 Å². The van der Waals surface area contributed by atoms with Crippen molar-refractivity contribution in [2.75, 3.05) is 7.05 Å². The average Bonchev–Trinajstić information content (AvgIpc) is 2.54. The minimum absolute atomic E-state index is 0. The lowest BCUT2D eigenvalue weighted by molar-refractivity contribution is -0.122. The maximum atomic E-state index is 11.7. The molecule has 0 aliphatic heterocycles. The van der Waals surface area contributed by atoms with Gasteiger partial charge in [0.15, 0.2) is 0 Å². The van der Waals surface area contributed by atoms with E-state index in [9.17, 15) is 4.79 Å². The summed E-state index contributed by atoms with van der Waals surface area (Å²) in [6, 6.07) is 8.58. The van der Waals surface area contributed by atoms with Gasteiger partial charge in [-0.05, 0) is 37.9 Å². The van der Waals surface area contributed by atoms with Crippen LogP contribution in [0.4, 0.5) is 0 Å². The highest BCUT2D eigenvalue weighted by molar-refractivity contribution is 5.85. The number of nitrogens with zero attached hydrogens (tertiary/aromatic N) is 1. The molecule has 3 N–H and O–H groups in total. The molecule has 1 amide bonds. The highest BCUT2D eigenvalue weighted by atomic mass is 35.5. The van der Waals surface area contributed by atoms with E-state index in [0.29, 0.717) is 12.6 Å². The number of hydrogen-bond donors (Lipinski definition) is 2. The van der Waals surface area contributed by atoms with Gasteiger partial charge in [-0.1, -0.05) is 43.5 Å². The molecule has 23 heavy (non-hydrogen) atoms. The zero-order chi connectivity index (χ0) is 15.9. The number of carbonyl (C=O) groups excluding carboxylic acids is 1. The van der Waals surface area contributed by atoms with Crippen LogP contribution >= 0.6 is 12.4 Å². The normalized spacial score (nSPS) is 16.7. The van der Waals surface area contributed by atoms with Gasteiger partial charge >= 0.3 is 0 Å². The zero-order valence-corrected chi connectivity index (χ0v) is 15.1. The topological polar surface area (TPSA) is 58.4 Å². The molecule has 1 aliphatic carbocycles. The first-order valence-electron chi connectivity index (χ1n) is 8.38. The molecule has 0 bridgehead atoms. The van der Waals surface area contributed by atoms with E-state index in [1.165, 1.54) is 43.2 Å². The number of hydrogen-bond acceptors (Lipinski definition) is 3. The first kappa shape index (κ1) is 19.9. The first-order chi connectivity index (χ1) is 10.6. The minimum atomic E-state index is -0.461. The SMILES string of the molecule is CC(N)C(=O)NCc1ccccc1CN(C)C1CCCCC1.Cl. The van der Waals surface area contributed by atoms with Crippen molar-refractivity contribution in [2.45, 2.75) is 64.2 Å². The molecule has 0 saturated heterocycles. The predicted molar refractivity (Wildman–Crippen MR) is 97.5 cm³/mol. The zero-order valence-electron chi connectivity index (χ0n) is 14.3. The van der Waals surface area contributed by atoms with Crippen molar-refractivity contribution in [1.29, 1.82) is 0 Å². The Morgan fingerprint density at radius 1 is 1.26 bits per heavy atom. The Morgan fingerprint density at radius 3 is 2.48 bits per heavy atom. The summed E-state index contributed by atoms with van der Waals surface area (Å²) in [4.78, 5) is 14.1. The Labute approximate surface area is 146 Å². The third kappa shape index (κ3) is 6.13. The molecule has 1 aromatic rings. The Bertz CT molecular complexity index is 487. The molecule has 1 aromatic carbocycles. The minimum Gasteiger partial charge on any atom is -0.351 e. The Kier molecular flexibility index (Phi) is 8.59. The second kappa shape index (κ2) is 9.91. The van der Waals surface area contributed by atoms with E-state index in [-0.39, 0.29) is 18.3 Å². The van der Waals surface area contributed by atoms with E-state index >= 15 is 0 Å². The third-order valence-corrected chi connectivity index (χ3v) is 4.60. The van der Waals surface area contributed by atoms with Crippen LogP contribution in [0.3, 0.4) is 0 Å². The molecule has 1 aliphatic rings. The van der Waals surface area contributed by atoms with E-state index in [0.717, 1.165) is 6.54 Å². The Hall–Kier alpha value is -1.10. The largest absolute Gasteiger partial charge is 0.351 e. The highest BCUT2D eigenvalue weighted by Crippen LogP contribution is 2.23. The lowest BCUT2D eigenvalue weighted by Gasteiger charge is -2.31. The van der Waals surface area contributed by atoms with Gasteiger partial charge in [0.2, 0.25) is 5.91 Å². The molecule has 1 atom stereocenters. The summed E-state index contributed by atoms with van der Waals surface area (Å²) in [5.74, 6) is -0.101. The van der Waals surface area contributed by atoms with Gasteiger partial charge < -0.3 is 11.1 Å². The fraction of sp³-hybridized carbons (Fsp3) is 0.611. The Morgan fingerprint density at radius 2 is 1.87 bits per heavy atom. The van der Waals surface area contributed by atoms with Crippen molar-refractivity contribution in [1.82, 2.24) is 10.2 Å². The first-order valence-corrected chi connectivity index (χ1v) is 8.38. The van der Waals surface area contributed by atoms with Crippen molar-refractivity contribution >= 4 is 18.3 Å². The van der Waals surface area contributed by atoms with E-state index in [1.54, 1.807) is 6.92 Å². The van der Waals surface area contributed by atoms with Crippen molar-refractivity contribution < 1.29 is 4.79 Å². The second-order valence-corrected chi connectivity index (χ2v) is 6.48. The maximum Gasteiger partial charge on any atom is 0.236 e. The molecule has 0 spiro atoms. The van der Waals surface area contributed by atoms with E-state index < -0.39 is 6.04 Å². The molecular formula is C18H30ClN3O. The van der Waals surface area contributed by atoms with E-state index in [1.807, 2.05) is 6.07 Å². The predicted octanol–water partition coefficient (Wildman–Crippen LogP) is 2.84. The monoisotopic (exact) mass is 339 g/mol. The summed E-state index contributed by atoms with van der Waals surface area (Å²) in [5, 5.41) is 2.91. The summed E-state index contributed by atoms with van der Waals surface area (Å²) in [5.41, 5.74) is 8.07. The van der Waals surface area contributed by atoms with Gasteiger partial charge in [0.1, 0.15) is 0 Å². The van der Waals surface area contributed by atoms with Crippen LogP contribution in [0.2, 0.25) is 0 Å². The molecule has 0 aromatic heterocycles. The maximum absolute atomic E-state index is 11.7. The lowest BCUT2D eigenvalue weighted by Crippen LogP contribution is -2.38. The molecule has 1 fully saturated rings. The van der Waals surface area contributed by atoms with Crippen LogP contribution in [0.15, 0.2) is 24.3 Å². The number of amides is 1. The van der Waals surface area contributed by atoms with Crippen LogP contribution in [-0.2, 0) is 17.9 Å². The molecule has 0 radical (unpaired) electrons. The van der Waals surface area contributed by atoms with Crippen LogP contribution in [0, 0.1) is 0 Å². The summed E-state index contributed by atoms with van der Waals surface area (Å²) >= 11 is 0. The number of benzene rings is 1. The molecule has 0 heterocycles. The second-order valence-electron chi connectivity index (χ2n) is 6.48. The van der Waals surface area contributed by atoms with Gasteiger partial charge in [-0.15, -0.1) is 12.4 Å². The van der Waals surface area contributed by atoms with Crippen LogP contribution in [0.5, 0.6) is 0 Å². The summed E-state index contributed by atoms with van der Waals surface area (Å²) < 4.78 is 0. The van der Waals surface area contributed by atoms with Crippen LogP contribution in [0.1, 0.15) is 50.2 Å². The molecule has 5 heteroatoms. The molecule has 2 rings (SSSR count). The van der Waals surface area contributed by atoms with Gasteiger partial charge in [-0.3, -0.25) is 9.69 Å². The van der Waals surface area contributed by atoms with Crippen molar-refractivity contribution in [2.24, 2.45) is 5.73 Å².